The number of hydrogen-bond acceptors (Lipinski definition) is 3. The van der Waals surface area contributed by atoms with E-state index in [1.165, 1.54) is 0 Å². The van der Waals surface area contributed by atoms with Crippen LogP contribution in [0.5, 0.6) is 0 Å². The number of hydrogen-bond donors (Lipinski definition) is 2. The van der Waals surface area contributed by atoms with Gasteiger partial charge in [0.15, 0.2) is 0 Å². The Morgan fingerprint density at radius 2 is 2.00 bits per heavy atom. The molecule has 0 spiro atoms. The summed E-state index contributed by atoms with van der Waals surface area (Å²) in [5.74, 6) is 0.575. The maximum atomic E-state index is 12.7. The van der Waals surface area contributed by atoms with Crippen molar-refractivity contribution in [1.29, 1.82) is 0 Å². The van der Waals surface area contributed by atoms with Gasteiger partial charge in [0.25, 0.3) is 0 Å². The van der Waals surface area contributed by atoms with Crippen molar-refractivity contribution in [1.82, 2.24) is 15.1 Å². The van der Waals surface area contributed by atoms with Gasteiger partial charge in [0, 0.05) is 44.7 Å². The molecule has 1 fully saturated rings. The van der Waals surface area contributed by atoms with Gasteiger partial charge >= 0.3 is 6.03 Å². The lowest BCUT2D eigenvalue weighted by atomic mass is 9.96. The van der Waals surface area contributed by atoms with Crippen molar-refractivity contribution in [2.75, 3.05) is 39.8 Å². The largest absolute Gasteiger partial charge is 0.396 e. The highest BCUT2D eigenvalue weighted by Gasteiger charge is 2.31. The Bertz CT molecular complexity index is 507. The zero-order chi connectivity index (χ0) is 17.5. The number of aliphatic hydroxyl groups excluding tert-OH is 1. The molecule has 0 aromatic heterocycles. The van der Waals surface area contributed by atoms with Crippen molar-refractivity contribution in [3.63, 3.8) is 0 Å². The van der Waals surface area contributed by atoms with Gasteiger partial charge in [-0.05, 0) is 24.9 Å². The summed E-state index contributed by atoms with van der Waals surface area (Å²) in [6.07, 6.45) is 0.653. The summed E-state index contributed by atoms with van der Waals surface area (Å²) in [5, 5.41) is 12.4. The van der Waals surface area contributed by atoms with E-state index < -0.39 is 0 Å². The number of carbonyl (C=O) groups is 1. The molecule has 2 rings (SSSR count). The average Bonchev–Trinajstić information content (AvgIpc) is 2.59. The molecule has 0 saturated carbocycles. The van der Waals surface area contributed by atoms with E-state index in [2.05, 4.69) is 43.2 Å². The smallest absolute Gasteiger partial charge is 0.317 e. The zero-order valence-corrected chi connectivity index (χ0v) is 15.1. The molecule has 1 aliphatic heterocycles. The Balaban J connectivity index is 1.97. The van der Waals surface area contributed by atoms with Crippen LogP contribution in [0.1, 0.15) is 31.7 Å². The number of piperazine rings is 1. The van der Waals surface area contributed by atoms with Gasteiger partial charge in [-0.2, -0.15) is 0 Å². The van der Waals surface area contributed by atoms with Crippen LogP contribution in [0, 0.1) is 5.92 Å². The van der Waals surface area contributed by atoms with Crippen LogP contribution >= 0.6 is 0 Å². The van der Waals surface area contributed by atoms with E-state index in [4.69, 9.17) is 0 Å². The molecule has 5 heteroatoms. The van der Waals surface area contributed by atoms with E-state index in [1.54, 1.807) is 0 Å². The number of nitrogens with zero attached hydrogens (tertiary/aromatic N) is 2. The van der Waals surface area contributed by atoms with E-state index >= 15 is 0 Å². The molecule has 1 aliphatic rings. The average molecular weight is 333 g/mol. The second-order valence-electron chi connectivity index (χ2n) is 7.07. The van der Waals surface area contributed by atoms with Gasteiger partial charge in [-0.25, -0.2) is 4.79 Å². The van der Waals surface area contributed by atoms with Gasteiger partial charge in [0.05, 0.1) is 0 Å². The highest BCUT2D eigenvalue weighted by atomic mass is 16.3. The van der Waals surface area contributed by atoms with Crippen molar-refractivity contribution < 1.29 is 9.90 Å². The van der Waals surface area contributed by atoms with Crippen molar-refractivity contribution in [3.05, 3.63) is 35.9 Å². The van der Waals surface area contributed by atoms with Crippen molar-refractivity contribution in [2.45, 2.75) is 32.2 Å². The number of carbonyl (C=O) groups excluding carboxylic acids is 1. The summed E-state index contributed by atoms with van der Waals surface area (Å²) in [4.78, 5) is 17.0. The summed E-state index contributed by atoms with van der Waals surface area (Å²) < 4.78 is 0. The van der Waals surface area contributed by atoms with Crippen LogP contribution in [0.25, 0.3) is 0 Å². The molecule has 2 N–H and O–H groups in total. The van der Waals surface area contributed by atoms with Crippen LogP contribution in [0.15, 0.2) is 30.3 Å². The fourth-order valence-electron chi connectivity index (χ4n) is 3.36. The third-order valence-corrected chi connectivity index (χ3v) is 4.90. The van der Waals surface area contributed by atoms with Gasteiger partial charge in [-0.3, -0.25) is 0 Å². The van der Waals surface area contributed by atoms with Crippen LogP contribution in [0.4, 0.5) is 4.79 Å². The molecular weight excluding hydrogens is 302 g/mol. The van der Waals surface area contributed by atoms with E-state index in [0.717, 1.165) is 25.2 Å². The second kappa shape index (κ2) is 9.04. The molecule has 0 aliphatic carbocycles. The maximum Gasteiger partial charge on any atom is 0.317 e. The minimum atomic E-state index is 0.0145. The first-order valence-corrected chi connectivity index (χ1v) is 8.91. The summed E-state index contributed by atoms with van der Waals surface area (Å²) in [7, 11) is 2.11. The molecule has 1 aromatic rings. The van der Waals surface area contributed by atoms with Gasteiger partial charge in [0.1, 0.15) is 0 Å². The number of urea groups is 1. The standard InChI is InChI=1S/C19H31N3O2/c1-15(2)18-14-21(3)10-11-22(18)19(24)20-13-17(9-12-23)16-7-5-4-6-8-16/h4-8,15,17-18,23H,9-14H2,1-3H3,(H,20,24). The lowest BCUT2D eigenvalue weighted by Gasteiger charge is -2.42. The molecular formula is C19H31N3O2. The van der Waals surface area contributed by atoms with Crippen molar-refractivity contribution in [2.24, 2.45) is 5.92 Å². The normalized spacial score (nSPS) is 20.2. The van der Waals surface area contributed by atoms with Crippen LogP contribution in [0.2, 0.25) is 0 Å². The predicted molar refractivity (Wildman–Crippen MR) is 97.1 cm³/mol. The van der Waals surface area contributed by atoms with E-state index in [1.807, 2.05) is 23.1 Å². The fraction of sp³-hybridized carbons (Fsp3) is 0.632. The lowest BCUT2D eigenvalue weighted by Crippen LogP contribution is -2.58. The molecule has 2 amide bonds. The van der Waals surface area contributed by atoms with E-state index in [0.29, 0.717) is 18.9 Å². The third-order valence-electron chi connectivity index (χ3n) is 4.90. The molecule has 1 heterocycles. The summed E-state index contributed by atoms with van der Waals surface area (Å²) in [6, 6.07) is 10.3. The van der Waals surface area contributed by atoms with E-state index in [9.17, 15) is 9.90 Å². The maximum absolute atomic E-state index is 12.7. The van der Waals surface area contributed by atoms with Crippen LogP contribution in [-0.4, -0.2) is 66.8 Å². The summed E-state index contributed by atoms with van der Waals surface area (Å²) in [5.41, 5.74) is 1.16. The number of benzene rings is 1. The molecule has 0 bridgehead atoms. The Morgan fingerprint density at radius 1 is 1.29 bits per heavy atom. The molecule has 134 valence electrons. The minimum Gasteiger partial charge on any atom is -0.396 e. The molecule has 1 aromatic carbocycles. The van der Waals surface area contributed by atoms with Crippen LogP contribution in [-0.2, 0) is 0 Å². The molecule has 1 saturated heterocycles. The molecule has 24 heavy (non-hydrogen) atoms. The van der Waals surface area contributed by atoms with Gasteiger partial charge in [-0.1, -0.05) is 44.2 Å². The zero-order valence-electron chi connectivity index (χ0n) is 15.1. The number of amides is 2. The number of likely N-dealkylation sites (N-methyl/N-ethyl adjacent to an activating group) is 1. The molecule has 0 radical (unpaired) electrons. The van der Waals surface area contributed by atoms with Crippen LogP contribution < -0.4 is 5.32 Å². The van der Waals surface area contributed by atoms with Crippen molar-refractivity contribution >= 4 is 6.03 Å². The Labute approximate surface area is 145 Å². The highest BCUT2D eigenvalue weighted by molar-refractivity contribution is 5.74. The van der Waals surface area contributed by atoms with Gasteiger partial charge in [-0.15, -0.1) is 0 Å². The molecule has 2 unspecified atom stereocenters. The fourth-order valence-corrected chi connectivity index (χ4v) is 3.36. The first-order valence-electron chi connectivity index (χ1n) is 8.91. The van der Waals surface area contributed by atoms with Crippen molar-refractivity contribution in [3.8, 4) is 0 Å². The SMILES string of the molecule is CC(C)C1CN(C)CCN1C(=O)NCC(CCO)c1ccccc1. The summed E-state index contributed by atoms with van der Waals surface area (Å²) >= 11 is 0. The lowest BCUT2D eigenvalue weighted by molar-refractivity contribution is 0.0853. The topological polar surface area (TPSA) is 55.8 Å². The van der Waals surface area contributed by atoms with Gasteiger partial charge in [0.2, 0.25) is 0 Å². The summed E-state index contributed by atoms with van der Waals surface area (Å²) in [6.45, 7) is 7.62. The first-order chi connectivity index (χ1) is 11.5. The van der Waals surface area contributed by atoms with Gasteiger partial charge < -0.3 is 20.2 Å². The first kappa shape index (κ1) is 18.7. The van der Waals surface area contributed by atoms with E-state index in [-0.39, 0.29) is 24.6 Å². The predicted octanol–water partition coefficient (Wildman–Crippen LogP) is 2.13. The third kappa shape index (κ3) is 4.95. The highest BCUT2D eigenvalue weighted by Crippen LogP contribution is 2.20. The molecule has 5 nitrogen and oxygen atoms in total. The Kier molecular flexibility index (Phi) is 7.06. The number of nitrogens with one attached hydrogen (secondary N) is 1. The quantitative estimate of drug-likeness (QED) is 0.838. The molecule has 2 atom stereocenters. The second-order valence-corrected chi connectivity index (χ2v) is 7.07. The monoisotopic (exact) mass is 333 g/mol. The Hall–Kier alpha value is -1.59. The van der Waals surface area contributed by atoms with Crippen LogP contribution in [0.3, 0.4) is 0 Å². The number of rotatable bonds is 6. The minimum absolute atomic E-state index is 0.0145. The Morgan fingerprint density at radius 3 is 2.62 bits per heavy atom. The number of aliphatic hydroxyl groups is 1.